The summed E-state index contributed by atoms with van der Waals surface area (Å²) < 4.78 is 46.5. The zero-order valence-electron chi connectivity index (χ0n) is 28.6. The van der Waals surface area contributed by atoms with Crippen LogP contribution in [0.4, 0.5) is 0 Å². The summed E-state index contributed by atoms with van der Waals surface area (Å²) >= 11 is 11.1. The number of thiocarbonyl (C=S) groups is 2. The minimum absolute atomic E-state index is 0.121. The normalized spacial score (nSPS) is 26.0. The highest BCUT2D eigenvalue weighted by Gasteiger charge is 2.62. The molecule has 4 atom stereocenters. The van der Waals surface area contributed by atoms with Gasteiger partial charge >= 0.3 is 22.4 Å². The maximum absolute atomic E-state index is 7.37. The van der Waals surface area contributed by atoms with Gasteiger partial charge in [0.15, 0.2) is 6.10 Å². The van der Waals surface area contributed by atoms with Gasteiger partial charge in [-0.1, -0.05) is 94.7 Å². The number of nitrogens with one attached hydrogen (secondary N) is 1. The average Bonchev–Trinajstić information content (AvgIpc) is 3.13. The van der Waals surface area contributed by atoms with Crippen LogP contribution in [0.3, 0.4) is 0 Å². The Kier molecular flexibility index (Phi) is 13.8. The molecule has 42 heavy (non-hydrogen) atoms. The highest BCUT2D eigenvalue weighted by atomic mass is 32.1. The molecule has 1 N–H and O–H groups in total. The largest absolute Gasteiger partial charge is 0.476 e. The smallest absolute Gasteiger partial charge is 0.352 e. The van der Waals surface area contributed by atoms with E-state index in [4.69, 9.17) is 56.4 Å². The van der Waals surface area contributed by atoms with E-state index in [1.165, 1.54) is 0 Å². The minimum atomic E-state index is -2.88. The molecule has 2 aliphatic heterocycles. The lowest BCUT2D eigenvalue weighted by molar-refractivity contribution is -0.0325. The van der Waals surface area contributed by atoms with Gasteiger partial charge in [-0.2, -0.15) is 0 Å². The van der Waals surface area contributed by atoms with Crippen molar-refractivity contribution in [3.63, 3.8) is 0 Å². The lowest BCUT2D eigenvalue weighted by Crippen LogP contribution is -2.66. The molecule has 244 valence electrons. The number of hydrogen-bond acceptors (Lipinski definition) is 9. The second kappa shape index (κ2) is 15.2. The molecule has 0 radical (unpaired) electrons. The molecule has 0 bridgehead atoms. The van der Waals surface area contributed by atoms with E-state index in [0.29, 0.717) is 31.7 Å². The highest BCUT2D eigenvalue weighted by molar-refractivity contribution is 7.80. The molecular weight excluding hydrogens is 638 g/mol. The van der Waals surface area contributed by atoms with Crippen LogP contribution in [0, 0.1) is 0 Å². The Morgan fingerprint density at radius 1 is 0.833 bits per heavy atom. The molecule has 0 saturated carbocycles. The van der Waals surface area contributed by atoms with Crippen LogP contribution in [-0.4, -0.2) is 94.5 Å². The van der Waals surface area contributed by atoms with Gasteiger partial charge in [0, 0.05) is 12.2 Å². The van der Waals surface area contributed by atoms with Gasteiger partial charge in [0.1, 0.15) is 12.2 Å². The topological polar surface area (TPSA) is 76.6 Å². The summed E-state index contributed by atoms with van der Waals surface area (Å²) in [4.78, 5) is 0. The van der Waals surface area contributed by atoms with E-state index >= 15 is 0 Å². The summed E-state index contributed by atoms with van der Waals surface area (Å²) in [5, 5.41) is 3.74. The second-order valence-corrected chi connectivity index (χ2v) is 35.8. The maximum atomic E-state index is 7.37. The van der Waals surface area contributed by atoms with Crippen molar-refractivity contribution in [2.24, 2.45) is 0 Å². The van der Waals surface area contributed by atoms with Crippen LogP contribution < -0.4 is 5.23 Å². The fourth-order valence-electron chi connectivity index (χ4n) is 5.46. The van der Waals surface area contributed by atoms with Gasteiger partial charge in [0.25, 0.3) is 7.41 Å². The van der Waals surface area contributed by atoms with Crippen LogP contribution in [0.25, 0.3) is 0 Å². The molecule has 2 rings (SSSR count). The third-order valence-electron chi connectivity index (χ3n) is 7.68. The van der Waals surface area contributed by atoms with Crippen LogP contribution >= 0.6 is 24.4 Å². The first-order valence-electron chi connectivity index (χ1n) is 15.5. The van der Waals surface area contributed by atoms with Crippen molar-refractivity contribution in [3.8, 4) is 0 Å². The standard InChI is InChI=1S/C27H58BNO7S2Si4/c1-18(2)41(19(3)4)32-15-22-23(35-42(36-41,20(5)6)21(7)8)24(34-27(38)31-17-40(12,13)14)25(33-22)28-29-26(37)30-16-39(9,10)11/h18-25,28H,15-17H2,1-14H3,(H,29,37)/t22-,23+,24?,25-/m1/s1. The molecule has 0 amide bonds. The average molecular weight is 696 g/mol. The van der Waals surface area contributed by atoms with Gasteiger partial charge in [0.2, 0.25) is 5.17 Å². The van der Waals surface area contributed by atoms with E-state index in [9.17, 15) is 0 Å². The van der Waals surface area contributed by atoms with E-state index < -0.39 is 51.5 Å². The summed E-state index contributed by atoms with van der Waals surface area (Å²) in [5.74, 6) is 0. The molecule has 0 aromatic rings. The van der Waals surface area contributed by atoms with Gasteiger partial charge in [-0.05, 0) is 34.4 Å². The predicted octanol–water partition coefficient (Wildman–Crippen LogP) is 6.35. The summed E-state index contributed by atoms with van der Waals surface area (Å²) in [6.07, 6.45) is -0.0986. The molecule has 15 heteroatoms. The summed E-state index contributed by atoms with van der Waals surface area (Å²) in [7, 11) is -8.13. The Morgan fingerprint density at radius 3 is 1.81 bits per heavy atom. The Balaban J connectivity index is 2.46. The van der Waals surface area contributed by atoms with Crippen molar-refractivity contribution in [3.05, 3.63) is 0 Å². The Labute approximate surface area is 271 Å². The van der Waals surface area contributed by atoms with E-state index in [1.807, 2.05) is 0 Å². The third kappa shape index (κ3) is 10.1. The van der Waals surface area contributed by atoms with Crippen LogP contribution in [0.2, 0.25) is 61.4 Å². The summed E-state index contributed by atoms with van der Waals surface area (Å²) in [6, 6.07) is -0.413. The lowest BCUT2D eigenvalue weighted by atomic mass is 9.81. The molecule has 2 aliphatic rings. The van der Waals surface area contributed by atoms with Crippen molar-refractivity contribution < 1.29 is 31.9 Å². The predicted molar refractivity (Wildman–Crippen MR) is 191 cm³/mol. The molecule has 8 nitrogen and oxygen atoms in total. The van der Waals surface area contributed by atoms with Gasteiger partial charge in [0.05, 0.1) is 41.2 Å². The van der Waals surface area contributed by atoms with Crippen LogP contribution in [0.5, 0.6) is 0 Å². The van der Waals surface area contributed by atoms with Crippen LogP contribution in [0.15, 0.2) is 0 Å². The van der Waals surface area contributed by atoms with Gasteiger partial charge < -0.3 is 37.1 Å². The molecule has 1 unspecified atom stereocenters. The number of ether oxygens (including phenoxy) is 4. The molecule has 0 spiro atoms. The monoisotopic (exact) mass is 695 g/mol. The molecule has 2 fully saturated rings. The van der Waals surface area contributed by atoms with Gasteiger partial charge in [-0.25, -0.2) is 0 Å². The highest BCUT2D eigenvalue weighted by Crippen LogP contribution is 2.47. The molecule has 0 aromatic heterocycles. The third-order valence-corrected chi connectivity index (χ3v) is 20.4. The maximum Gasteiger partial charge on any atom is 0.352 e. The fourth-order valence-corrected chi connectivity index (χ4v) is 18.3. The van der Waals surface area contributed by atoms with Crippen molar-refractivity contribution in [1.82, 2.24) is 5.23 Å². The first-order chi connectivity index (χ1) is 19.1. The molecule has 2 heterocycles. The summed E-state index contributed by atoms with van der Waals surface area (Å²) in [5.41, 5.74) is 0.854. The Hall–Kier alpha value is 0.152. The number of fused-ring (bicyclic) bond motifs is 1. The zero-order chi connectivity index (χ0) is 32.3. The Bertz CT molecular complexity index is 902. The summed E-state index contributed by atoms with van der Waals surface area (Å²) in [6.45, 7) is 31.5. The van der Waals surface area contributed by atoms with Gasteiger partial charge in [-0.15, -0.1) is 0 Å². The fraction of sp³-hybridized carbons (Fsp3) is 0.926. The second-order valence-electron chi connectivity index (χ2n) is 15.5. The van der Waals surface area contributed by atoms with Crippen LogP contribution in [0.1, 0.15) is 55.4 Å². The molecule has 0 aromatic carbocycles. The lowest BCUT2D eigenvalue weighted by Gasteiger charge is -2.51. The zero-order valence-corrected chi connectivity index (χ0v) is 34.3. The Morgan fingerprint density at radius 2 is 1.33 bits per heavy atom. The first-order valence-corrected chi connectivity index (χ1v) is 27.7. The molecule has 0 aliphatic carbocycles. The van der Waals surface area contributed by atoms with E-state index in [1.54, 1.807) is 0 Å². The minimum Gasteiger partial charge on any atom is -0.476 e. The van der Waals surface area contributed by atoms with E-state index in [-0.39, 0.29) is 33.5 Å². The van der Waals surface area contributed by atoms with Crippen molar-refractivity contribution in [1.29, 1.82) is 0 Å². The first kappa shape index (κ1) is 38.3. The van der Waals surface area contributed by atoms with E-state index in [2.05, 4.69) is 99.9 Å². The van der Waals surface area contributed by atoms with E-state index in [0.717, 1.165) is 0 Å². The quantitative estimate of drug-likeness (QED) is 0.195. The van der Waals surface area contributed by atoms with Crippen LogP contribution in [-0.2, 0) is 31.9 Å². The van der Waals surface area contributed by atoms with Gasteiger partial charge in [-0.3, -0.25) is 0 Å². The molecular formula is C27H58BNO7S2Si4. The molecule has 2 saturated heterocycles. The SMILES string of the molecule is CC(C)[Si]1(C(C)C)OC[C@H]2O[C@@H](BNC(=S)OC[Si](C)(C)C)C(OC(=S)OC[Si](C)(C)C)[C@H]2O[Si](C(C)C)(C(C)C)O1. The van der Waals surface area contributed by atoms with Crippen molar-refractivity contribution in [2.75, 3.05) is 19.1 Å². The number of rotatable bonds is 11. The van der Waals surface area contributed by atoms with Crippen molar-refractivity contribution >= 4 is 75.5 Å². The number of hydrogen-bond donors (Lipinski definition) is 1. The van der Waals surface area contributed by atoms with Crippen molar-refractivity contribution in [2.45, 2.75) is 141 Å².